The van der Waals surface area contributed by atoms with Crippen molar-refractivity contribution in [3.05, 3.63) is 30.1 Å². The molecule has 0 bridgehead atoms. The topological polar surface area (TPSA) is 38.9 Å². The lowest BCUT2D eigenvalue weighted by Crippen LogP contribution is -2.34. The van der Waals surface area contributed by atoms with Crippen molar-refractivity contribution in [1.29, 1.82) is 0 Å². The van der Waals surface area contributed by atoms with Gasteiger partial charge in [-0.25, -0.2) is 0 Å². The zero-order valence-electron chi connectivity index (χ0n) is 7.30. The normalized spacial score (nSPS) is 15.3. The van der Waals surface area contributed by atoms with E-state index in [0.717, 1.165) is 6.42 Å². The number of nitrogens with two attached hydrogens (primary N) is 1. The Morgan fingerprint density at radius 2 is 2.00 bits per heavy atom. The quantitative estimate of drug-likeness (QED) is 0.659. The number of pyridine rings is 1. The molecule has 0 aliphatic carbocycles. The summed E-state index contributed by atoms with van der Waals surface area (Å²) in [5.74, 6) is 0.666. The average molecular weight is 214 g/mol. The van der Waals surface area contributed by atoms with Crippen LogP contribution in [0, 0.1) is 0 Å². The van der Waals surface area contributed by atoms with Crippen LogP contribution in [0.3, 0.4) is 0 Å². The largest absolute Gasteiger partial charge is 0.326 e. The summed E-state index contributed by atoms with van der Waals surface area (Å²) in [6.07, 6.45) is 4.43. The van der Waals surface area contributed by atoms with Crippen molar-refractivity contribution < 1.29 is 0 Å². The van der Waals surface area contributed by atoms with Crippen molar-refractivity contribution in [2.24, 2.45) is 5.73 Å². The first-order chi connectivity index (χ1) is 6.24. The maximum Gasteiger partial charge on any atom is 0.0270 e. The molecule has 72 valence electrons. The lowest BCUT2D eigenvalue weighted by atomic mass is 10.1. The molecule has 0 aliphatic rings. The van der Waals surface area contributed by atoms with Crippen molar-refractivity contribution in [1.82, 2.24) is 4.98 Å². The lowest BCUT2D eigenvalue weighted by molar-refractivity contribution is 0.697. The zero-order valence-corrected chi connectivity index (χ0v) is 9.09. The van der Waals surface area contributed by atoms with E-state index < -0.39 is 0 Å². The summed E-state index contributed by atoms with van der Waals surface area (Å²) in [5.41, 5.74) is 7.01. The van der Waals surface area contributed by atoms with Crippen molar-refractivity contribution in [2.75, 3.05) is 5.75 Å². The van der Waals surface area contributed by atoms with Gasteiger partial charge >= 0.3 is 0 Å². The summed E-state index contributed by atoms with van der Waals surface area (Å²) in [6, 6.07) is 4.00. The molecule has 0 amide bonds. The second-order valence-corrected chi connectivity index (χ2v) is 4.00. The van der Waals surface area contributed by atoms with Gasteiger partial charge in [0, 0.05) is 29.4 Å². The van der Waals surface area contributed by atoms with Crippen LogP contribution >= 0.6 is 25.3 Å². The highest BCUT2D eigenvalue weighted by atomic mass is 32.1. The summed E-state index contributed by atoms with van der Waals surface area (Å²) in [4.78, 5) is 3.95. The molecule has 13 heavy (non-hydrogen) atoms. The Morgan fingerprint density at radius 1 is 1.38 bits per heavy atom. The van der Waals surface area contributed by atoms with E-state index in [1.165, 1.54) is 5.56 Å². The summed E-state index contributed by atoms with van der Waals surface area (Å²) in [5, 5.41) is 0.167. The van der Waals surface area contributed by atoms with Crippen LogP contribution in [-0.4, -0.2) is 22.0 Å². The standard InChI is InChI=1S/C9H14N2S2/c10-8(6-12)9(13)5-7-1-3-11-4-2-7/h1-4,8-9,12-13H,5-6,10H2. The van der Waals surface area contributed by atoms with Gasteiger partial charge in [-0.15, -0.1) is 0 Å². The molecular weight excluding hydrogens is 200 g/mol. The lowest BCUT2D eigenvalue weighted by Gasteiger charge is -2.16. The first-order valence-electron chi connectivity index (χ1n) is 4.17. The molecule has 0 spiro atoms. The summed E-state index contributed by atoms with van der Waals surface area (Å²) < 4.78 is 0. The van der Waals surface area contributed by atoms with Gasteiger partial charge in [-0.2, -0.15) is 25.3 Å². The van der Waals surface area contributed by atoms with E-state index >= 15 is 0 Å². The Hall–Kier alpha value is -0.190. The van der Waals surface area contributed by atoms with Gasteiger partial charge in [0.05, 0.1) is 0 Å². The fourth-order valence-electron chi connectivity index (χ4n) is 1.03. The van der Waals surface area contributed by atoms with Gasteiger partial charge in [-0.1, -0.05) is 0 Å². The van der Waals surface area contributed by atoms with E-state index in [9.17, 15) is 0 Å². The number of rotatable bonds is 4. The van der Waals surface area contributed by atoms with Crippen LogP contribution in [0.5, 0.6) is 0 Å². The Kier molecular flexibility index (Phi) is 4.62. The number of aromatic nitrogens is 1. The van der Waals surface area contributed by atoms with Crippen molar-refractivity contribution in [3.63, 3.8) is 0 Å². The summed E-state index contributed by atoms with van der Waals surface area (Å²) >= 11 is 8.56. The van der Waals surface area contributed by atoms with Crippen molar-refractivity contribution in [2.45, 2.75) is 17.7 Å². The minimum Gasteiger partial charge on any atom is -0.326 e. The predicted molar refractivity (Wildman–Crippen MR) is 62.5 cm³/mol. The maximum atomic E-state index is 5.80. The highest BCUT2D eigenvalue weighted by molar-refractivity contribution is 7.81. The highest BCUT2D eigenvalue weighted by Gasteiger charge is 2.11. The van der Waals surface area contributed by atoms with E-state index in [4.69, 9.17) is 5.73 Å². The minimum absolute atomic E-state index is 0.0415. The molecule has 0 saturated heterocycles. The molecule has 2 atom stereocenters. The van der Waals surface area contributed by atoms with Crippen LogP contribution in [0.15, 0.2) is 24.5 Å². The van der Waals surface area contributed by atoms with Crippen LogP contribution in [0.2, 0.25) is 0 Å². The van der Waals surface area contributed by atoms with Crippen LogP contribution in [0.4, 0.5) is 0 Å². The molecule has 1 heterocycles. The van der Waals surface area contributed by atoms with Crippen LogP contribution in [-0.2, 0) is 6.42 Å². The van der Waals surface area contributed by atoms with Crippen LogP contribution in [0.1, 0.15) is 5.56 Å². The van der Waals surface area contributed by atoms with Gasteiger partial charge in [0.15, 0.2) is 0 Å². The first kappa shape index (κ1) is 10.9. The first-order valence-corrected chi connectivity index (χ1v) is 5.32. The zero-order chi connectivity index (χ0) is 9.68. The number of nitrogens with zero attached hydrogens (tertiary/aromatic N) is 1. The molecule has 2 N–H and O–H groups in total. The van der Waals surface area contributed by atoms with E-state index in [1.807, 2.05) is 12.1 Å². The Morgan fingerprint density at radius 3 is 2.54 bits per heavy atom. The number of hydrogen-bond acceptors (Lipinski definition) is 4. The molecule has 0 radical (unpaired) electrons. The third-order valence-electron chi connectivity index (χ3n) is 1.90. The molecule has 1 rings (SSSR count). The molecular formula is C9H14N2S2. The Balaban J connectivity index is 2.50. The van der Waals surface area contributed by atoms with Gasteiger partial charge in [-0.05, 0) is 24.1 Å². The van der Waals surface area contributed by atoms with E-state index in [2.05, 4.69) is 30.2 Å². The predicted octanol–water partition coefficient (Wildman–Crippen LogP) is 1.18. The highest BCUT2D eigenvalue weighted by Crippen LogP contribution is 2.10. The second kappa shape index (κ2) is 5.52. The SMILES string of the molecule is NC(CS)C(S)Cc1ccncc1. The molecule has 0 saturated carbocycles. The van der Waals surface area contributed by atoms with E-state index in [1.54, 1.807) is 12.4 Å². The fourth-order valence-corrected chi connectivity index (χ4v) is 1.77. The Labute approximate surface area is 89.8 Å². The van der Waals surface area contributed by atoms with Gasteiger partial charge < -0.3 is 5.73 Å². The Bertz CT molecular complexity index is 241. The van der Waals surface area contributed by atoms with Crippen LogP contribution in [0.25, 0.3) is 0 Å². The molecule has 0 aromatic carbocycles. The monoisotopic (exact) mass is 214 g/mol. The van der Waals surface area contributed by atoms with Crippen molar-refractivity contribution >= 4 is 25.3 Å². The molecule has 1 aromatic heterocycles. The maximum absolute atomic E-state index is 5.80. The van der Waals surface area contributed by atoms with Gasteiger partial charge in [-0.3, -0.25) is 4.98 Å². The second-order valence-electron chi connectivity index (χ2n) is 2.97. The summed E-state index contributed by atoms with van der Waals surface area (Å²) in [6.45, 7) is 0. The fraction of sp³-hybridized carbons (Fsp3) is 0.444. The third-order valence-corrected chi connectivity index (χ3v) is 2.89. The molecule has 2 unspecified atom stereocenters. The molecule has 4 heteroatoms. The van der Waals surface area contributed by atoms with E-state index in [-0.39, 0.29) is 11.3 Å². The van der Waals surface area contributed by atoms with Gasteiger partial charge in [0.2, 0.25) is 0 Å². The van der Waals surface area contributed by atoms with Gasteiger partial charge in [0.25, 0.3) is 0 Å². The van der Waals surface area contributed by atoms with Crippen molar-refractivity contribution in [3.8, 4) is 0 Å². The third kappa shape index (κ3) is 3.58. The molecule has 0 aliphatic heterocycles. The van der Waals surface area contributed by atoms with E-state index in [0.29, 0.717) is 5.75 Å². The van der Waals surface area contributed by atoms with Gasteiger partial charge in [0.1, 0.15) is 0 Å². The summed E-state index contributed by atoms with van der Waals surface area (Å²) in [7, 11) is 0. The smallest absolute Gasteiger partial charge is 0.0270 e. The molecule has 2 nitrogen and oxygen atoms in total. The number of thiol groups is 2. The molecule has 1 aromatic rings. The minimum atomic E-state index is 0.0415. The average Bonchev–Trinajstić information content (AvgIpc) is 2.18. The number of hydrogen-bond donors (Lipinski definition) is 3. The van der Waals surface area contributed by atoms with Crippen LogP contribution < -0.4 is 5.73 Å². The molecule has 0 fully saturated rings.